The number of rotatable bonds is 8. The van der Waals surface area contributed by atoms with Crippen molar-refractivity contribution < 1.29 is 8.85 Å². The number of fused-ring (bicyclic) bond motifs is 8. The van der Waals surface area contributed by atoms with Gasteiger partial charge in [0.15, 0.2) is 0 Å². The average molecular weight is 1340 g/mol. The molecule has 100 heavy (non-hydrogen) atoms. The minimum atomic E-state index is -2.94. The van der Waals surface area contributed by atoms with E-state index in [1.54, 1.807) is 43.0 Å². The molecule has 4 heterocycles. The third-order valence-electron chi connectivity index (χ3n) is 31.3. The van der Waals surface area contributed by atoms with Crippen LogP contribution in [0.2, 0.25) is 11.1 Å². The van der Waals surface area contributed by atoms with Crippen molar-refractivity contribution in [2.75, 3.05) is 0 Å². The highest BCUT2D eigenvalue weighted by Gasteiger charge is 2.75. The summed E-state index contributed by atoms with van der Waals surface area (Å²) in [5.41, 5.74) is 21.4. The molecule has 2 atom stereocenters. The van der Waals surface area contributed by atoms with E-state index in [1.807, 2.05) is 0 Å². The van der Waals surface area contributed by atoms with Gasteiger partial charge < -0.3 is 8.85 Å². The Balaban J connectivity index is 0.000000124. The first-order valence-corrected chi connectivity index (χ1v) is 44.3. The monoisotopic (exact) mass is 1340 g/mol. The zero-order valence-corrected chi connectivity index (χ0v) is 60.3. The van der Waals surface area contributed by atoms with Crippen LogP contribution in [0.5, 0.6) is 0 Å². The van der Waals surface area contributed by atoms with E-state index >= 15 is 0 Å². The summed E-state index contributed by atoms with van der Waals surface area (Å²) in [7, 11) is -5.88. The fraction of sp³-hybridized carbons (Fsp3) is 0.417. The molecule has 8 aromatic rings. The smallest absolute Gasteiger partial charge is 0.263 e. The SMILES string of the molecule is c1ccc(C2=C(c3ccccc3)[Si@@]3(C4C5CC6CC(C5)CC4C6)OC4(c5ccccc5C3=C2c2ccccc2)C2CC3CC(C2)CC4C3)cc1.c1ccc(C2=C(c3ccccc3)[Si@@]3(C4C5CC6CC(C5)CC4C6)OC4(c5ccccc5C3=C2c2ccccc2)C2CC3CC(C2)CC4C3)cc1. The molecule has 0 aromatic heterocycles. The highest BCUT2D eigenvalue weighted by Crippen LogP contribution is 2.78. The van der Waals surface area contributed by atoms with Crippen molar-refractivity contribution >= 4 is 59.7 Å². The van der Waals surface area contributed by atoms with Gasteiger partial charge in [0.25, 0.3) is 16.6 Å². The van der Waals surface area contributed by atoms with Crippen LogP contribution in [-0.2, 0) is 20.1 Å². The van der Waals surface area contributed by atoms with E-state index in [4.69, 9.17) is 8.85 Å². The number of benzene rings is 8. The second-order valence-corrected chi connectivity index (χ2v) is 42.8. The van der Waals surface area contributed by atoms with Crippen molar-refractivity contribution in [2.24, 2.45) is 94.7 Å². The Bertz CT molecular complexity index is 4310. The molecule has 28 rings (SSSR count). The molecule has 8 aromatic carbocycles. The molecule has 16 fully saturated rings. The maximum Gasteiger partial charge on any atom is 0.263 e. The molecular weight excluding hydrogens is 1240 g/mol. The highest BCUT2D eigenvalue weighted by molar-refractivity contribution is 7.13. The summed E-state index contributed by atoms with van der Waals surface area (Å²) in [4.78, 5) is 0. The Kier molecular flexibility index (Phi) is 13.3. The Labute approximate surface area is 596 Å². The lowest BCUT2D eigenvalue weighted by Crippen LogP contribution is -2.67. The Morgan fingerprint density at radius 3 is 0.710 bits per heavy atom. The van der Waals surface area contributed by atoms with Crippen LogP contribution in [0.15, 0.2) is 231 Å². The molecule has 16 aliphatic carbocycles. The van der Waals surface area contributed by atoms with Gasteiger partial charge in [-0.2, -0.15) is 0 Å². The van der Waals surface area contributed by atoms with Gasteiger partial charge >= 0.3 is 0 Å². The number of hydrogen-bond acceptors (Lipinski definition) is 2. The van der Waals surface area contributed by atoms with E-state index in [1.165, 1.54) is 184 Å². The van der Waals surface area contributed by atoms with Gasteiger partial charge in [0.1, 0.15) is 0 Å². The van der Waals surface area contributed by atoms with E-state index in [0.717, 1.165) is 71.0 Å². The Morgan fingerprint density at radius 2 is 0.440 bits per heavy atom. The normalized spacial score (nSPS) is 40.1. The first kappa shape index (κ1) is 59.6. The predicted octanol–water partition coefficient (Wildman–Crippen LogP) is 23.5. The zero-order chi connectivity index (χ0) is 65.2. The molecular formula is C96H96O2Si2. The lowest BCUT2D eigenvalue weighted by Gasteiger charge is -2.68. The minimum Gasteiger partial charge on any atom is -0.397 e. The van der Waals surface area contributed by atoms with Crippen LogP contribution in [0.3, 0.4) is 0 Å². The highest BCUT2D eigenvalue weighted by atomic mass is 28.4. The molecule has 4 heteroatoms. The maximum absolute atomic E-state index is 9.01. The zero-order valence-electron chi connectivity index (χ0n) is 58.3. The molecule has 500 valence electrons. The van der Waals surface area contributed by atoms with Gasteiger partial charge in [-0.15, -0.1) is 0 Å². The summed E-state index contributed by atoms with van der Waals surface area (Å²) in [5.74, 6) is 13.0. The number of allylic oxidation sites excluding steroid dienone is 4. The topological polar surface area (TPSA) is 18.5 Å². The summed E-state index contributed by atoms with van der Waals surface area (Å²) in [5, 5.41) is 6.54. The van der Waals surface area contributed by atoms with Crippen molar-refractivity contribution in [1.29, 1.82) is 0 Å². The van der Waals surface area contributed by atoms with E-state index in [-0.39, 0.29) is 11.2 Å². The Hall–Kier alpha value is -6.93. The molecule has 0 amide bonds. The van der Waals surface area contributed by atoms with Crippen LogP contribution in [0.1, 0.15) is 184 Å². The van der Waals surface area contributed by atoms with Crippen LogP contribution in [0.25, 0.3) is 43.1 Å². The maximum atomic E-state index is 9.01. The standard InChI is InChI=1S/2C48H48OSi/c2*1-4-12-34(13-5-1)43-44(35-14-6-2-7-15-35)47-41-18-10-11-19-42(41)48(39-26-32-21-33(28-39)29-40(48)27-32)49-50(47,46(43)36-16-8-3-9-17-36)45-37-22-30-20-31(24-37)25-38(45)23-30/h2*1-19,30-33,37-40,45H,20-29H2/t2*30?,31?,32?,33?,37?,38?,39?,40?,45?,48?,50-/m11/s1. The summed E-state index contributed by atoms with van der Waals surface area (Å²) < 4.78 is 18.0. The predicted molar refractivity (Wildman–Crippen MR) is 412 cm³/mol. The fourth-order valence-corrected chi connectivity index (χ4v) is 42.8. The first-order valence-electron chi connectivity index (χ1n) is 40.3. The van der Waals surface area contributed by atoms with Crippen LogP contribution in [-0.4, -0.2) is 16.6 Å². The van der Waals surface area contributed by atoms with Crippen molar-refractivity contribution in [2.45, 2.75) is 151 Å². The fourth-order valence-electron chi connectivity index (χ4n) is 29.6. The second kappa shape index (κ2) is 22.3. The molecule has 0 radical (unpaired) electrons. The van der Waals surface area contributed by atoms with Crippen LogP contribution in [0, 0.1) is 94.7 Å². The molecule has 20 aliphatic rings. The largest absolute Gasteiger partial charge is 0.397 e. The van der Waals surface area contributed by atoms with Crippen LogP contribution in [0.4, 0.5) is 0 Å². The molecule has 0 saturated heterocycles. The van der Waals surface area contributed by atoms with Gasteiger partial charge in [-0.3, -0.25) is 0 Å². The average Bonchev–Trinajstić information content (AvgIpc) is 1.38. The van der Waals surface area contributed by atoms with Gasteiger partial charge in [0.05, 0.1) is 11.2 Å². The lowest BCUT2D eigenvalue weighted by molar-refractivity contribution is -0.170. The summed E-state index contributed by atoms with van der Waals surface area (Å²) in [6, 6.07) is 89.4. The van der Waals surface area contributed by atoms with E-state index < -0.39 is 16.6 Å². The van der Waals surface area contributed by atoms with Crippen molar-refractivity contribution in [1.82, 2.24) is 0 Å². The molecule has 16 bridgehead atoms. The molecule has 0 N–H and O–H groups in total. The molecule has 2 spiro atoms. The summed E-state index contributed by atoms with van der Waals surface area (Å²) in [6.45, 7) is 0. The first-order chi connectivity index (χ1) is 49.4. The summed E-state index contributed by atoms with van der Waals surface area (Å²) in [6.07, 6.45) is 28.3. The third-order valence-corrected chi connectivity index (χ3v) is 41.5. The molecule has 2 nitrogen and oxygen atoms in total. The van der Waals surface area contributed by atoms with Crippen LogP contribution >= 0.6 is 0 Å². The Morgan fingerprint density at radius 1 is 0.220 bits per heavy atom. The molecule has 16 saturated carbocycles. The van der Waals surface area contributed by atoms with Crippen molar-refractivity contribution in [3.8, 4) is 0 Å². The van der Waals surface area contributed by atoms with Gasteiger partial charge in [-0.25, -0.2) is 0 Å². The molecule has 4 aliphatic heterocycles. The van der Waals surface area contributed by atoms with Gasteiger partial charge in [-0.1, -0.05) is 231 Å². The van der Waals surface area contributed by atoms with Gasteiger partial charge in [0.2, 0.25) is 0 Å². The molecule has 0 unspecified atom stereocenters. The van der Waals surface area contributed by atoms with Crippen LogP contribution < -0.4 is 0 Å². The van der Waals surface area contributed by atoms with E-state index in [9.17, 15) is 0 Å². The minimum absolute atomic E-state index is 0.164. The van der Waals surface area contributed by atoms with E-state index in [2.05, 4.69) is 231 Å². The number of hydrogen-bond donors (Lipinski definition) is 0. The second-order valence-electron chi connectivity index (χ2n) is 36.1. The summed E-state index contributed by atoms with van der Waals surface area (Å²) >= 11 is 0. The third kappa shape index (κ3) is 8.26. The van der Waals surface area contributed by atoms with Gasteiger partial charge in [0, 0.05) is 0 Å². The van der Waals surface area contributed by atoms with Crippen molar-refractivity contribution in [3.05, 3.63) is 286 Å². The van der Waals surface area contributed by atoms with Crippen molar-refractivity contribution in [3.63, 3.8) is 0 Å². The lowest BCUT2D eigenvalue weighted by atomic mass is 9.48. The quantitative estimate of drug-likeness (QED) is 0.141. The van der Waals surface area contributed by atoms with E-state index in [0.29, 0.717) is 34.8 Å². The van der Waals surface area contributed by atoms with Gasteiger partial charge in [-0.05, 0) is 333 Å².